The van der Waals surface area contributed by atoms with Crippen LogP contribution in [0.4, 0.5) is 10.5 Å². The summed E-state index contributed by atoms with van der Waals surface area (Å²) in [4.78, 5) is 42.6. The van der Waals surface area contributed by atoms with Gasteiger partial charge in [0, 0.05) is 17.8 Å². The number of aryl methyl sites for hydroxylation is 2. The number of carbonyl (C=O) groups excluding carboxylic acids is 3. The van der Waals surface area contributed by atoms with E-state index in [9.17, 15) is 19.5 Å². The van der Waals surface area contributed by atoms with Gasteiger partial charge >= 0.3 is 6.09 Å². The minimum Gasteiger partial charge on any atom is -0.508 e. The average Bonchev–Trinajstić information content (AvgIpc) is 2.86. The maximum absolute atomic E-state index is 14.3. The molecule has 0 aromatic heterocycles. The summed E-state index contributed by atoms with van der Waals surface area (Å²) in [7, 11) is 0. The van der Waals surface area contributed by atoms with Gasteiger partial charge in [-0.25, -0.2) is 4.79 Å². The Morgan fingerprint density at radius 3 is 2.12 bits per heavy atom. The zero-order chi connectivity index (χ0) is 30.0. The van der Waals surface area contributed by atoms with Gasteiger partial charge in [0.2, 0.25) is 5.91 Å². The monoisotopic (exact) mass is 553 g/mol. The van der Waals surface area contributed by atoms with Gasteiger partial charge in [-0.1, -0.05) is 76.4 Å². The van der Waals surface area contributed by atoms with E-state index in [4.69, 9.17) is 4.74 Å². The Bertz CT molecular complexity index is 1140. The highest BCUT2D eigenvalue weighted by molar-refractivity contribution is 6.00. The minimum atomic E-state index is -1.13. The number of amides is 3. The van der Waals surface area contributed by atoms with Gasteiger partial charge in [-0.3, -0.25) is 9.59 Å². The van der Waals surface area contributed by atoms with E-state index in [1.807, 2.05) is 45.9 Å². The number of anilines is 1. The first-order valence-corrected chi connectivity index (χ1v) is 14.2. The molecule has 0 aliphatic heterocycles. The molecule has 220 valence electrons. The van der Waals surface area contributed by atoms with E-state index in [2.05, 4.69) is 17.6 Å². The van der Waals surface area contributed by atoms with Crippen LogP contribution in [0, 0.1) is 19.8 Å². The molecule has 0 aliphatic rings. The molecule has 0 saturated heterocycles. The van der Waals surface area contributed by atoms with Crippen molar-refractivity contribution in [3.05, 3.63) is 59.2 Å². The molecular weight excluding hydrogens is 506 g/mol. The second-order valence-corrected chi connectivity index (χ2v) is 11.7. The fourth-order valence-corrected chi connectivity index (χ4v) is 4.57. The molecule has 0 heterocycles. The third kappa shape index (κ3) is 9.28. The molecule has 0 saturated carbocycles. The second-order valence-electron chi connectivity index (χ2n) is 11.7. The van der Waals surface area contributed by atoms with Gasteiger partial charge in [0.25, 0.3) is 5.91 Å². The van der Waals surface area contributed by atoms with Crippen molar-refractivity contribution in [1.29, 1.82) is 0 Å². The number of hydrogen-bond donors (Lipinski definition) is 3. The molecule has 2 aromatic rings. The summed E-state index contributed by atoms with van der Waals surface area (Å²) < 4.78 is 5.44. The molecule has 0 aliphatic carbocycles. The Hall–Kier alpha value is -3.55. The number of para-hydroxylation sites is 2. The number of phenols is 1. The van der Waals surface area contributed by atoms with Crippen LogP contribution in [0.2, 0.25) is 0 Å². The molecule has 0 radical (unpaired) electrons. The van der Waals surface area contributed by atoms with Gasteiger partial charge in [0.15, 0.2) is 0 Å². The summed E-state index contributed by atoms with van der Waals surface area (Å²) in [6, 6.07) is 10.2. The molecule has 0 bridgehead atoms. The third-order valence-corrected chi connectivity index (χ3v) is 6.66. The summed E-state index contributed by atoms with van der Waals surface area (Å²) in [5.74, 6) is -1.23. The second kappa shape index (κ2) is 14.7. The van der Waals surface area contributed by atoms with Crippen molar-refractivity contribution in [2.24, 2.45) is 5.92 Å². The van der Waals surface area contributed by atoms with Gasteiger partial charge in [-0.15, -0.1) is 0 Å². The normalized spacial score (nSPS) is 12.9. The number of alkyl carbamates (subject to hydrolysis) is 1. The fourth-order valence-electron chi connectivity index (χ4n) is 4.57. The van der Waals surface area contributed by atoms with Crippen LogP contribution in [0.1, 0.15) is 90.0 Å². The van der Waals surface area contributed by atoms with Crippen LogP contribution in [0.5, 0.6) is 5.75 Å². The molecule has 8 heteroatoms. The van der Waals surface area contributed by atoms with Gasteiger partial charge in [0.1, 0.15) is 23.4 Å². The van der Waals surface area contributed by atoms with Crippen LogP contribution >= 0.6 is 0 Å². The number of ether oxygens (including phenoxy) is 1. The summed E-state index contributed by atoms with van der Waals surface area (Å²) in [5.41, 5.74) is 2.01. The Kier molecular flexibility index (Phi) is 12.0. The number of nitrogens with one attached hydrogen (secondary N) is 2. The Labute approximate surface area is 239 Å². The van der Waals surface area contributed by atoms with Crippen molar-refractivity contribution in [2.45, 2.75) is 98.8 Å². The maximum atomic E-state index is 14.3. The van der Waals surface area contributed by atoms with Crippen molar-refractivity contribution >= 4 is 23.6 Å². The summed E-state index contributed by atoms with van der Waals surface area (Å²) in [5, 5.41) is 16.6. The highest BCUT2D eigenvalue weighted by atomic mass is 16.6. The summed E-state index contributed by atoms with van der Waals surface area (Å²) in [6.45, 7) is 15.1. The molecule has 2 rings (SSSR count). The van der Waals surface area contributed by atoms with Crippen LogP contribution in [-0.2, 0) is 14.3 Å². The Balaban J connectivity index is 2.58. The quantitative estimate of drug-likeness (QED) is 0.255. The third-order valence-electron chi connectivity index (χ3n) is 6.66. The first kappa shape index (κ1) is 32.7. The number of carbonyl (C=O) groups is 3. The van der Waals surface area contributed by atoms with E-state index in [1.54, 1.807) is 39.0 Å². The van der Waals surface area contributed by atoms with Crippen molar-refractivity contribution < 1.29 is 24.2 Å². The smallest absolute Gasteiger partial charge is 0.408 e. The van der Waals surface area contributed by atoms with E-state index in [1.165, 1.54) is 11.0 Å². The highest BCUT2D eigenvalue weighted by Gasteiger charge is 2.38. The van der Waals surface area contributed by atoms with E-state index in [-0.39, 0.29) is 18.2 Å². The molecule has 0 spiro atoms. The number of unbranched alkanes of at least 4 members (excludes halogenated alkanes) is 3. The molecule has 3 N–H and O–H groups in total. The van der Waals surface area contributed by atoms with Crippen LogP contribution in [0.3, 0.4) is 0 Å². The Morgan fingerprint density at radius 1 is 0.950 bits per heavy atom. The zero-order valence-corrected chi connectivity index (χ0v) is 25.3. The first-order valence-electron chi connectivity index (χ1n) is 14.2. The predicted molar refractivity (Wildman–Crippen MR) is 159 cm³/mol. The summed E-state index contributed by atoms with van der Waals surface area (Å²) in [6.07, 6.45) is 2.83. The predicted octanol–water partition coefficient (Wildman–Crippen LogP) is 6.65. The standard InChI is InChI=1S/C32H47N3O5/c1-9-10-11-14-20-35(30(38)26(21(2)3)34-31(39)40-32(6,7)8)28(24-18-12-13-19-25(24)36)29(37)33-27-22(4)16-15-17-23(27)5/h12-13,15-19,21,26,28,36H,9-11,14,20H2,1-8H3,(H,33,37)(H,34,39). The zero-order valence-electron chi connectivity index (χ0n) is 25.3. The number of rotatable bonds is 12. The molecule has 3 amide bonds. The van der Waals surface area contributed by atoms with Crippen LogP contribution in [0.25, 0.3) is 0 Å². The topological polar surface area (TPSA) is 108 Å². The van der Waals surface area contributed by atoms with Crippen LogP contribution in [-0.4, -0.2) is 46.1 Å². The summed E-state index contributed by atoms with van der Waals surface area (Å²) >= 11 is 0. The van der Waals surface area contributed by atoms with Crippen molar-refractivity contribution in [1.82, 2.24) is 10.2 Å². The van der Waals surface area contributed by atoms with E-state index in [0.29, 0.717) is 17.7 Å². The average molecular weight is 554 g/mol. The van der Waals surface area contributed by atoms with Gasteiger partial charge < -0.3 is 25.4 Å². The van der Waals surface area contributed by atoms with E-state index >= 15 is 0 Å². The van der Waals surface area contributed by atoms with Gasteiger partial charge in [-0.05, 0) is 64.2 Å². The number of hydrogen-bond acceptors (Lipinski definition) is 5. The molecular formula is C32H47N3O5. The molecule has 2 unspecified atom stereocenters. The lowest BCUT2D eigenvalue weighted by Gasteiger charge is -2.36. The van der Waals surface area contributed by atoms with E-state index < -0.39 is 35.6 Å². The molecule has 2 atom stereocenters. The lowest BCUT2D eigenvalue weighted by Crippen LogP contribution is -2.54. The van der Waals surface area contributed by atoms with Crippen molar-refractivity contribution in [3.63, 3.8) is 0 Å². The van der Waals surface area contributed by atoms with Crippen LogP contribution in [0.15, 0.2) is 42.5 Å². The van der Waals surface area contributed by atoms with E-state index in [0.717, 1.165) is 30.4 Å². The molecule has 2 aromatic carbocycles. The SMILES string of the molecule is CCCCCCN(C(=O)C(NC(=O)OC(C)(C)C)C(C)C)C(C(=O)Nc1c(C)cccc1C)c1ccccc1O. The largest absolute Gasteiger partial charge is 0.508 e. The van der Waals surface area contributed by atoms with Crippen LogP contribution < -0.4 is 10.6 Å². The minimum absolute atomic E-state index is 0.0864. The van der Waals surface area contributed by atoms with Gasteiger partial charge in [0.05, 0.1) is 0 Å². The first-order chi connectivity index (χ1) is 18.8. The van der Waals surface area contributed by atoms with Gasteiger partial charge in [-0.2, -0.15) is 0 Å². The lowest BCUT2D eigenvalue weighted by atomic mass is 9.97. The van der Waals surface area contributed by atoms with Crippen molar-refractivity contribution in [3.8, 4) is 5.75 Å². The number of aromatic hydroxyl groups is 1. The fraction of sp³-hybridized carbons (Fsp3) is 0.531. The highest BCUT2D eigenvalue weighted by Crippen LogP contribution is 2.32. The molecule has 8 nitrogen and oxygen atoms in total. The number of nitrogens with zero attached hydrogens (tertiary/aromatic N) is 1. The molecule has 40 heavy (non-hydrogen) atoms. The Morgan fingerprint density at radius 2 is 1.57 bits per heavy atom. The van der Waals surface area contributed by atoms with Crippen molar-refractivity contribution in [2.75, 3.05) is 11.9 Å². The molecule has 0 fully saturated rings. The number of phenolic OH excluding ortho intramolecular Hbond substituents is 1. The number of benzene rings is 2. The lowest BCUT2D eigenvalue weighted by molar-refractivity contribution is -0.141. The maximum Gasteiger partial charge on any atom is 0.408 e.